The zero-order valence-corrected chi connectivity index (χ0v) is 6.95. The molecule has 0 saturated carbocycles. The number of rotatable bonds is 2. The average molecular weight is 190 g/mol. The molecular formula is C7H9BF2O3. The highest BCUT2D eigenvalue weighted by molar-refractivity contribution is 6.44. The molecule has 1 rings (SSSR count). The van der Waals surface area contributed by atoms with Crippen molar-refractivity contribution < 1.29 is 23.6 Å². The van der Waals surface area contributed by atoms with Gasteiger partial charge >= 0.3 is 7.12 Å². The van der Waals surface area contributed by atoms with Crippen molar-refractivity contribution >= 4 is 7.12 Å². The first-order valence-electron chi connectivity index (χ1n) is 3.67. The van der Waals surface area contributed by atoms with Crippen LogP contribution in [0.2, 0.25) is 5.82 Å². The van der Waals surface area contributed by atoms with Gasteiger partial charge in [-0.05, 0) is 6.08 Å². The number of halogens is 2. The van der Waals surface area contributed by atoms with E-state index in [0.29, 0.717) is 0 Å². The van der Waals surface area contributed by atoms with Crippen molar-refractivity contribution in [2.75, 3.05) is 7.11 Å². The van der Waals surface area contributed by atoms with Gasteiger partial charge in [-0.3, -0.25) is 0 Å². The molecule has 2 N–H and O–H groups in total. The second kappa shape index (κ2) is 3.57. The van der Waals surface area contributed by atoms with E-state index in [1.165, 1.54) is 6.08 Å². The average Bonchev–Trinajstić information content (AvgIpc) is 2.09. The van der Waals surface area contributed by atoms with Gasteiger partial charge in [0.25, 0.3) is 5.85 Å². The Morgan fingerprint density at radius 1 is 1.62 bits per heavy atom. The van der Waals surface area contributed by atoms with Crippen LogP contribution in [-0.2, 0) is 4.74 Å². The molecule has 0 amide bonds. The van der Waals surface area contributed by atoms with E-state index >= 15 is 0 Å². The van der Waals surface area contributed by atoms with Gasteiger partial charge in [0, 0.05) is 7.11 Å². The summed E-state index contributed by atoms with van der Waals surface area (Å²) in [4.78, 5) is 0. The lowest BCUT2D eigenvalue weighted by Crippen LogP contribution is -2.41. The Labute approximate surface area is 74.5 Å². The highest BCUT2D eigenvalue weighted by Crippen LogP contribution is 2.40. The molecule has 0 bridgehead atoms. The van der Waals surface area contributed by atoms with Gasteiger partial charge < -0.3 is 14.8 Å². The molecule has 0 aliphatic heterocycles. The summed E-state index contributed by atoms with van der Waals surface area (Å²) in [6.07, 6.45) is 3.22. The molecule has 0 heterocycles. The largest absolute Gasteiger partial charge is 0.465 e. The topological polar surface area (TPSA) is 49.7 Å². The lowest BCUT2D eigenvalue weighted by molar-refractivity contribution is -0.106. The van der Waals surface area contributed by atoms with Crippen LogP contribution in [0, 0.1) is 0 Å². The van der Waals surface area contributed by atoms with Gasteiger partial charge in [0.05, 0.1) is 5.82 Å². The fraction of sp³-hybridized carbons (Fsp3) is 0.429. The van der Waals surface area contributed by atoms with Gasteiger partial charge in [0.15, 0.2) is 5.83 Å². The van der Waals surface area contributed by atoms with E-state index in [2.05, 4.69) is 4.74 Å². The van der Waals surface area contributed by atoms with Crippen LogP contribution in [0.15, 0.2) is 24.1 Å². The molecule has 0 spiro atoms. The summed E-state index contributed by atoms with van der Waals surface area (Å²) in [5.41, 5.74) is 0. The number of hydrogen-bond acceptors (Lipinski definition) is 3. The molecule has 0 saturated heterocycles. The molecule has 1 aliphatic rings. The van der Waals surface area contributed by atoms with Crippen LogP contribution < -0.4 is 0 Å². The van der Waals surface area contributed by atoms with E-state index in [1.54, 1.807) is 0 Å². The molecule has 2 unspecified atom stereocenters. The lowest BCUT2D eigenvalue weighted by Gasteiger charge is -2.30. The molecule has 0 fully saturated rings. The summed E-state index contributed by atoms with van der Waals surface area (Å²) in [6, 6.07) is 0. The monoisotopic (exact) mass is 190 g/mol. The smallest absolute Gasteiger partial charge is 0.427 e. The van der Waals surface area contributed by atoms with Gasteiger partial charge in [-0.1, -0.05) is 12.2 Å². The number of hydrogen-bond donors (Lipinski definition) is 2. The zero-order valence-electron chi connectivity index (χ0n) is 6.95. The van der Waals surface area contributed by atoms with Gasteiger partial charge in [-0.25, -0.2) is 8.78 Å². The highest BCUT2D eigenvalue weighted by atomic mass is 19.2. The van der Waals surface area contributed by atoms with Crippen molar-refractivity contribution in [3.05, 3.63) is 24.1 Å². The Bertz CT molecular complexity index is 254. The third kappa shape index (κ3) is 1.65. The molecule has 72 valence electrons. The van der Waals surface area contributed by atoms with E-state index in [1.807, 2.05) is 0 Å². The maximum absolute atomic E-state index is 13.6. The van der Waals surface area contributed by atoms with E-state index in [9.17, 15) is 8.78 Å². The first-order valence-corrected chi connectivity index (χ1v) is 3.67. The normalized spacial score (nSPS) is 33.0. The van der Waals surface area contributed by atoms with Gasteiger partial charge in [0.2, 0.25) is 0 Å². The number of ether oxygens (including phenoxy) is 1. The van der Waals surface area contributed by atoms with Crippen LogP contribution in [0.4, 0.5) is 8.78 Å². The minimum atomic E-state index is -2.77. The lowest BCUT2D eigenvalue weighted by atomic mass is 9.66. The van der Waals surface area contributed by atoms with Crippen molar-refractivity contribution in [2.45, 2.75) is 11.7 Å². The second-order valence-corrected chi connectivity index (χ2v) is 2.69. The fourth-order valence-electron chi connectivity index (χ4n) is 1.18. The minimum absolute atomic E-state index is 0.877. The van der Waals surface area contributed by atoms with Crippen molar-refractivity contribution in [3.8, 4) is 0 Å². The van der Waals surface area contributed by atoms with E-state index in [4.69, 9.17) is 10.0 Å². The predicted octanol–water partition coefficient (Wildman–Crippen LogP) is 0.565. The van der Waals surface area contributed by atoms with E-state index < -0.39 is 24.6 Å². The summed E-state index contributed by atoms with van der Waals surface area (Å²) >= 11 is 0. The Morgan fingerprint density at radius 3 is 2.62 bits per heavy atom. The molecule has 13 heavy (non-hydrogen) atoms. The molecule has 0 radical (unpaired) electrons. The molecule has 0 aromatic heterocycles. The van der Waals surface area contributed by atoms with Crippen LogP contribution >= 0.6 is 0 Å². The quantitative estimate of drug-likeness (QED) is 0.625. The van der Waals surface area contributed by atoms with Crippen LogP contribution in [0.5, 0.6) is 0 Å². The van der Waals surface area contributed by atoms with Crippen molar-refractivity contribution in [1.29, 1.82) is 0 Å². The first kappa shape index (κ1) is 10.4. The Morgan fingerprint density at radius 2 is 2.23 bits per heavy atom. The Kier molecular flexibility index (Phi) is 2.85. The summed E-state index contributed by atoms with van der Waals surface area (Å²) in [5.74, 6) is -5.39. The predicted molar refractivity (Wildman–Crippen MR) is 43.1 cm³/mol. The van der Waals surface area contributed by atoms with E-state index in [-0.39, 0.29) is 0 Å². The first-order chi connectivity index (χ1) is 6.02. The summed E-state index contributed by atoms with van der Waals surface area (Å²) in [5, 5.41) is 17.5. The van der Waals surface area contributed by atoms with Gasteiger partial charge in [-0.2, -0.15) is 0 Å². The van der Waals surface area contributed by atoms with Crippen molar-refractivity contribution in [1.82, 2.24) is 0 Å². The standard InChI is InChI=1S/C7H9BF2O3/c1-13-7(10)5(8(11)12)3-2-4-6(7)9/h2-5,11-12H,1H3. The van der Waals surface area contributed by atoms with Gasteiger partial charge in [-0.15, -0.1) is 0 Å². The van der Waals surface area contributed by atoms with Crippen LogP contribution in [-0.4, -0.2) is 30.1 Å². The molecule has 1 aliphatic carbocycles. The highest BCUT2D eigenvalue weighted by Gasteiger charge is 2.49. The van der Waals surface area contributed by atoms with Crippen LogP contribution in [0.3, 0.4) is 0 Å². The van der Waals surface area contributed by atoms with Crippen LogP contribution in [0.25, 0.3) is 0 Å². The summed E-state index contributed by atoms with van der Waals surface area (Å²) < 4.78 is 30.8. The molecule has 0 aromatic rings. The SMILES string of the molecule is COC1(F)C(F)=CC=CC1B(O)O. The molecular weight excluding hydrogens is 181 g/mol. The molecule has 3 nitrogen and oxygen atoms in total. The maximum Gasteiger partial charge on any atom is 0.465 e. The third-order valence-corrected chi connectivity index (χ3v) is 1.93. The molecule has 6 heteroatoms. The summed E-state index contributed by atoms with van der Waals surface area (Å²) in [7, 11) is -1.04. The summed E-state index contributed by atoms with van der Waals surface area (Å²) in [6.45, 7) is 0. The molecule has 2 atom stereocenters. The van der Waals surface area contributed by atoms with E-state index in [0.717, 1.165) is 19.3 Å². The minimum Gasteiger partial charge on any atom is -0.427 e. The number of alkyl halides is 1. The second-order valence-electron chi connectivity index (χ2n) is 2.69. The number of allylic oxidation sites excluding steroid dienone is 2. The Hall–Kier alpha value is -0.715. The van der Waals surface area contributed by atoms with Gasteiger partial charge in [0.1, 0.15) is 0 Å². The van der Waals surface area contributed by atoms with Crippen molar-refractivity contribution in [3.63, 3.8) is 0 Å². The zero-order chi connectivity index (χ0) is 10.1. The van der Waals surface area contributed by atoms with Crippen LogP contribution in [0.1, 0.15) is 0 Å². The Balaban J connectivity index is 2.99. The number of methoxy groups -OCH3 is 1. The molecule has 0 aromatic carbocycles. The maximum atomic E-state index is 13.6. The fourth-order valence-corrected chi connectivity index (χ4v) is 1.18. The third-order valence-electron chi connectivity index (χ3n) is 1.93. The van der Waals surface area contributed by atoms with Crippen molar-refractivity contribution in [2.24, 2.45) is 0 Å².